The second-order valence-corrected chi connectivity index (χ2v) is 7.51. The van der Waals surface area contributed by atoms with Crippen LogP contribution in [0.25, 0.3) is 0 Å². The van der Waals surface area contributed by atoms with E-state index in [-0.39, 0.29) is 17.0 Å². The van der Waals surface area contributed by atoms with Crippen molar-refractivity contribution < 1.29 is 19.1 Å². The van der Waals surface area contributed by atoms with Crippen molar-refractivity contribution in [3.63, 3.8) is 0 Å². The van der Waals surface area contributed by atoms with Crippen LogP contribution in [0.4, 0.5) is 11.4 Å². The zero-order valence-corrected chi connectivity index (χ0v) is 17.6. The molecule has 0 fully saturated rings. The third-order valence-electron chi connectivity index (χ3n) is 4.64. The van der Waals surface area contributed by atoms with Crippen LogP contribution in [0.1, 0.15) is 38.0 Å². The molecule has 1 heterocycles. The van der Waals surface area contributed by atoms with Crippen LogP contribution in [0.15, 0.2) is 71.2 Å². The number of halogens is 1. The number of carbonyl (C=O) groups excluding carboxylic acids is 3. The molecule has 0 saturated carbocycles. The van der Waals surface area contributed by atoms with E-state index < -0.39 is 11.8 Å². The molecule has 3 aromatic carbocycles. The Balaban J connectivity index is 1.59. The van der Waals surface area contributed by atoms with Gasteiger partial charge in [0.05, 0.1) is 23.4 Å². The fourth-order valence-electron chi connectivity index (χ4n) is 3.24. The Kier molecular flexibility index (Phi) is 5.37. The van der Waals surface area contributed by atoms with Gasteiger partial charge < -0.3 is 10.1 Å². The summed E-state index contributed by atoms with van der Waals surface area (Å²) in [5.41, 5.74) is 1.84. The molecule has 6 nitrogen and oxygen atoms in total. The van der Waals surface area contributed by atoms with Crippen LogP contribution in [-0.2, 0) is 0 Å². The van der Waals surface area contributed by atoms with Crippen molar-refractivity contribution >= 4 is 45.0 Å². The van der Waals surface area contributed by atoms with Crippen LogP contribution in [0.2, 0.25) is 0 Å². The molecule has 0 radical (unpaired) electrons. The van der Waals surface area contributed by atoms with E-state index in [9.17, 15) is 14.4 Å². The number of rotatable bonds is 5. The molecule has 30 heavy (non-hydrogen) atoms. The molecule has 0 saturated heterocycles. The van der Waals surface area contributed by atoms with Gasteiger partial charge in [0.1, 0.15) is 5.75 Å². The van der Waals surface area contributed by atoms with Crippen LogP contribution < -0.4 is 15.0 Å². The molecule has 3 aromatic rings. The SMILES string of the molecule is CCOc1ccc(N2C(=O)c3ccc(C(=O)Nc4cccc(Br)c4)cc3C2=O)cc1. The number of benzene rings is 3. The number of hydrogen-bond acceptors (Lipinski definition) is 4. The molecule has 0 aromatic heterocycles. The summed E-state index contributed by atoms with van der Waals surface area (Å²) < 4.78 is 6.24. The Hall–Kier alpha value is -3.45. The van der Waals surface area contributed by atoms with Crippen molar-refractivity contribution in [3.8, 4) is 5.75 Å². The zero-order valence-electron chi connectivity index (χ0n) is 16.0. The highest BCUT2D eigenvalue weighted by molar-refractivity contribution is 9.10. The normalized spacial score (nSPS) is 12.7. The van der Waals surface area contributed by atoms with E-state index >= 15 is 0 Å². The van der Waals surface area contributed by atoms with E-state index in [0.717, 1.165) is 9.37 Å². The Morgan fingerprint density at radius 3 is 2.40 bits per heavy atom. The lowest BCUT2D eigenvalue weighted by molar-refractivity contribution is 0.0925. The van der Waals surface area contributed by atoms with Gasteiger partial charge in [0, 0.05) is 15.7 Å². The maximum atomic E-state index is 12.9. The lowest BCUT2D eigenvalue weighted by Gasteiger charge is -2.14. The second-order valence-electron chi connectivity index (χ2n) is 6.60. The lowest BCUT2D eigenvalue weighted by atomic mass is 10.1. The van der Waals surface area contributed by atoms with Gasteiger partial charge in [-0.25, -0.2) is 4.90 Å². The highest BCUT2D eigenvalue weighted by atomic mass is 79.9. The van der Waals surface area contributed by atoms with Gasteiger partial charge in [0.25, 0.3) is 17.7 Å². The first kappa shape index (κ1) is 19.8. The fourth-order valence-corrected chi connectivity index (χ4v) is 3.64. The highest BCUT2D eigenvalue weighted by Crippen LogP contribution is 2.30. The van der Waals surface area contributed by atoms with Crippen molar-refractivity contribution in [1.82, 2.24) is 0 Å². The van der Waals surface area contributed by atoms with Gasteiger partial charge in [-0.2, -0.15) is 0 Å². The van der Waals surface area contributed by atoms with Crippen LogP contribution >= 0.6 is 15.9 Å². The predicted molar refractivity (Wildman–Crippen MR) is 117 cm³/mol. The Morgan fingerprint density at radius 2 is 1.70 bits per heavy atom. The number of hydrogen-bond donors (Lipinski definition) is 1. The zero-order chi connectivity index (χ0) is 21.3. The Morgan fingerprint density at radius 1 is 0.967 bits per heavy atom. The van der Waals surface area contributed by atoms with Crippen molar-refractivity contribution in [2.24, 2.45) is 0 Å². The number of ether oxygens (including phenoxy) is 1. The molecule has 0 aliphatic carbocycles. The number of anilines is 2. The summed E-state index contributed by atoms with van der Waals surface area (Å²) in [7, 11) is 0. The molecule has 3 amide bonds. The van der Waals surface area contributed by atoms with Crippen LogP contribution in [0.3, 0.4) is 0 Å². The molecule has 0 unspecified atom stereocenters. The first-order valence-electron chi connectivity index (χ1n) is 9.30. The number of fused-ring (bicyclic) bond motifs is 1. The van der Waals surface area contributed by atoms with Crippen molar-refractivity contribution in [1.29, 1.82) is 0 Å². The lowest BCUT2D eigenvalue weighted by Crippen LogP contribution is -2.29. The molecule has 0 spiro atoms. The summed E-state index contributed by atoms with van der Waals surface area (Å²) in [6, 6.07) is 18.4. The maximum Gasteiger partial charge on any atom is 0.266 e. The smallest absolute Gasteiger partial charge is 0.266 e. The average molecular weight is 465 g/mol. The molecule has 1 N–H and O–H groups in total. The van der Waals surface area contributed by atoms with Crippen LogP contribution in [0.5, 0.6) is 5.75 Å². The molecule has 0 bridgehead atoms. The first-order valence-corrected chi connectivity index (χ1v) is 10.1. The van der Waals surface area contributed by atoms with Gasteiger partial charge in [-0.3, -0.25) is 14.4 Å². The van der Waals surface area contributed by atoms with Gasteiger partial charge in [0.2, 0.25) is 0 Å². The topological polar surface area (TPSA) is 75.7 Å². The third kappa shape index (κ3) is 3.71. The quantitative estimate of drug-likeness (QED) is 0.544. The molecule has 1 aliphatic heterocycles. The summed E-state index contributed by atoms with van der Waals surface area (Å²) >= 11 is 3.36. The van der Waals surface area contributed by atoms with E-state index in [1.807, 2.05) is 13.0 Å². The van der Waals surface area contributed by atoms with E-state index in [4.69, 9.17) is 4.74 Å². The average Bonchev–Trinajstić information content (AvgIpc) is 2.99. The number of nitrogens with one attached hydrogen (secondary N) is 1. The van der Waals surface area contributed by atoms with E-state index in [2.05, 4.69) is 21.2 Å². The summed E-state index contributed by atoms with van der Waals surface area (Å²) in [4.78, 5) is 39.4. The molecular weight excluding hydrogens is 448 g/mol. The molecule has 1 aliphatic rings. The van der Waals surface area contributed by atoms with Gasteiger partial charge in [-0.1, -0.05) is 22.0 Å². The summed E-state index contributed by atoms with van der Waals surface area (Å²) in [6.07, 6.45) is 0. The monoisotopic (exact) mass is 464 g/mol. The van der Waals surface area contributed by atoms with E-state index in [0.29, 0.717) is 29.3 Å². The molecule has 150 valence electrons. The van der Waals surface area contributed by atoms with Crippen molar-refractivity contribution in [3.05, 3.63) is 87.9 Å². The summed E-state index contributed by atoms with van der Waals surface area (Å²) in [5.74, 6) is -0.589. The molecule has 4 rings (SSSR count). The van der Waals surface area contributed by atoms with Gasteiger partial charge in [0.15, 0.2) is 0 Å². The van der Waals surface area contributed by atoms with E-state index in [1.165, 1.54) is 12.1 Å². The molecule has 0 atom stereocenters. The standard InChI is InChI=1S/C23H17BrN2O4/c1-2-30-18-9-7-17(8-10-18)26-22(28)19-11-6-14(12-20(19)23(26)29)21(27)25-16-5-3-4-15(24)13-16/h3-13H,2H2,1H3,(H,25,27). The van der Waals surface area contributed by atoms with E-state index in [1.54, 1.807) is 48.5 Å². The first-order chi connectivity index (χ1) is 14.5. The minimum atomic E-state index is -0.462. The number of nitrogens with zero attached hydrogens (tertiary/aromatic N) is 1. The van der Waals surface area contributed by atoms with Crippen LogP contribution in [-0.4, -0.2) is 24.3 Å². The molecular formula is C23H17BrN2O4. The minimum absolute atomic E-state index is 0.204. The largest absolute Gasteiger partial charge is 0.494 e. The number of amides is 3. The Bertz CT molecular complexity index is 1160. The highest BCUT2D eigenvalue weighted by Gasteiger charge is 2.37. The summed E-state index contributed by atoms with van der Waals surface area (Å²) in [5, 5.41) is 2.78. The number of imide groups is 1. The minimum Gasteiger partial charge on any atom is -0.494 e. The van der Waals surface area contributed by atoms with Gasteiger partial charge in [-0.15, -0.1) is 0 Å². The number of carbonyl (C=O) groups is 3. The van der Waals surface area contributed by atoms with Crippen LogP contribution in [0, 0.1) is 0 Å². The predicted octanol–water partition coefficient (Wildman–Crippen LogP) is 4.90. The van der Waals surface area contributed by atoms with Gasteiger partial charge >= 0.3 is 0 Å². The van der Waals surface area contributed by atoms with Crippen molar-refractivity contribution in [2.75, 3.05) is 16.8 Å². The van der Waals surface area contributed by atoms with Crippen molar-refractivity contribution in [2.45, 2.75) is 6.92 Å². The second kappa shape index (κ2) is 8.12. The summed E-state index contributed by atoms with van der Waals surface area (Å²) in [6.45, 7) is 2.40. The third-order valence-corrected chi connectivity index (χ3v) is 5.13. The van der Waals surface area contributed by atoms with Gasteiger partial charge in [-0.05, 0) is 67.6 Å². The maximum absolute atomic E-state index is 12.9. The Labute approximate surface area is 181 Å². The fraction of sp³-hybridized carbons (Fsp3) is 0.0870. The molecule has 7 heteroatoms.